The first-order valence-electron chi connectivity index (χ1n) is 5.91. The van der Waals surface area contributed by atoms with E-state index in [1.165, 1.54) is 18.2 Å². The largest absolute Gasteiger partial charge is 0.481 e. The van der Waals surface area contributed by atoms with E-state index in [2.05, 4.69) is 5.32 Å². The molecule has 0 saturated heterocycles. The van der Waals surface area contributed by atoms with E-state index in [0.29, 0.717) is 6.42 Å². The lowest BCUT2D eigenvalue weighted by Crippen LogP contribution is -2.35. The van der Waals surface area contributed by atoms with Gasteiger partial charge in [-0.05, 0) is 18.6 Å². The van der Waals surface area contributed by atoms with Gasteiger partial charge >= 0.3 is 5.97 Å². The molecule has 104 valence electrons. The molecule has 0 radical (unpaired) electrons. The Bertz CT molecular complexity index is 450. The molecule has 19 heavy (non-hydrogen) atoms. The quantitative estimate of drug-likeness (QED) is 0.785. The molecule has 1 rings (SSSR count). The van der Waals surface area contributed by atoms with E-state index >= 15 is 0 Å². The summed E-state index contributed by atoms with van der Waals surface area (Å²) in [6, 6.07) is 5.74. The number of carboxylic acid groups (broad SMARTS) is 1. The van der Waals surface area contributed by atoms with Gasteiger partial charge in [-0.1, -0.05) is 19.1 Å². The van der Waals surface area contributed by atoms with Crippen molar-refractivity contribution in [2.24, 2.45) is 5.92 Å². The molecule has 0 aliphatic rings. The smallest absolute Gasteiger partial charge is 0.308 e. The van der Waals surface area contributed by atoms with Crippen molar-refractivity contribution in [3.8, 4) is 5.75 Å². The molecule has 1 amide bonds. The number of amides is 1. The van der Waals surface area contributed by atoms with Gasteiger partial charge in [-0.25, -0.2) is 4.39 Å². The third-order valence-corrected chi connectivity index (χ3v) is 2.58. The fraction of sp³-hybridized carbons (Fsp3) is 0.385. The maximum atomic E-state index is 13.2. The summed E-state index contributed by atoms with van der Waals surface area (Å²) in [6.07, 6.45) is 0.420. The van der Waals surface area contributed by atoms with Gasteiger partial charge < -0.3 is 15.2 Å². The van der Waals surface area contributed by atoms with Gasteiger partial charge in [0.15, 0.2) is 18.2 Å². The number of hydrogen-bond donors (Lipinski definition) is 2. The number of carbonyl (C=O) groups is 2. The van der Waals surface area contributed by atoms with E-state index < -0.39 is 23.6 Å². The number of aliphatic carboxylic acids is 1. The highest BCUT2D eigenvalue weighted by Gasteiger charge is 2.16. The zero-order chi connectivity index (χ0) is 14.3. The van der Waals surface area contributed by atoms with Crippen LogP contribution in [0, 0.1) is 11.7 Å². The van der Waals surface area contributed by atoms with E-state index in [9.17, 15) is 14.0 Å². The molecule has 0 aliphatic carbocycles. The highest BCUT2D eigenvalue weighted by molar-refractivity contribution is 5.78. The number of rotatable bonds is 7. The summed E-state index contributed by atoms with van der Waals surface area (Å²) in [5, 5.41) is 11.2. The molecule has 5 nitrogen and oxygen atoms in total. The molecule has 1 unspecified atom stereocenters. The fourth-order valence-corrected chi connectivity index (χ4v) is 1.40. The minimum Gasteiger partial charge on any atom is -0.481 e. The molecule has 1 aromatic rings. The molecule has 0 aromatic heterocycles. The van der Waals surface area contributed by atoms with Crippen LogP contribution in [0.3, 0.4) is 0 Å². The lowest BCUT2D eigenvalue weighted by molar-refractivity contribution is -0.141. The number of halogens is 1. The summed E-state index contributed by atoms with van der Waals surface area (Å²) in [5.41, 5.74) is 0. The highest BCUT2D eigenvalue weighted by atomic mass is 19.1. The van der Waals surface area contributed by atoms with Gasteiger partial charge in [0.05, 0.1) is 5.92 Å². The number of hydrogen-bond acceptors (Lipinski definition) is 3. The Labute approximate surface area is 110 Å². The van der Waals surface area contributed by atoms with Crippen molar-refractivity contribution in [2.45, 2.75) is 13.3 Å². The molecule has 0 aliphatic heterocycles. The Morgan fingerprint density at radius 2 is 2.11 bits per heavy atom. The predicted octanol–water partition coefficient (Wildman–Crippen LogP) is 1.43. The summed E-state index contributed by atoms with van der Waals surface area (Å²) in [7, 11) is 0. The zero-order valence-electron chi connectivity index (χ0n) is 10.6. The second kappa shape index (κ2) is 7.35. The van der Waals surface area contributed by atoms with Gasteiger partial charge in [0.25, 0.3) is 5.91 Å². The number of carboxylic acids is 1. The third-order valence-electron chi connectivity index (χ3n) is 2.58. The summed E-state index contributed by atoms with van der Waals surface area (Å²) in [5.74, 6) is -2.63. The standard InChI is InChI=1S/C13H16FNO4/c1-2-9(13(17)18)7-15-12(16)8-19-11-6-4-3-5-10(11)14/h3-6,9H,2,7-8H2,1H3,(H,15,16)(H,17,18). The maximum Gasteiger partial charge on any atom is 0.308 e. The Morgan fingerprint density at radius 3 is 2.68 bits per heavy atom. The minimum atomic E-state index is -0.960. The van der Waals surface area contributed by atoms with Crippen LogP contribution in [-0.4, -0.2) is 30.1 Å². The molecule has 1 aromatic carbocycles. The Morgan fingerprint density at radius 1 is 1.42 bits per heavy atom. The molecule has 0 fully saturated rings. The fourth-order valence-electron chi connectivity index (χ4n) is 1.40. The average molecular weight is 269 g/mol. The molecule has 0 saturated carbocycles. The van der Waals surface area contributed by atoms with Crippen LogP contribution < -0.4 is 10.1 Å². The average Bonchev–Trinajstić information content (AvgIpc) is 2.38. The molecule has 0 heterocycles. The summed E-state index contributed by atoms with van der Waals surface area (Å²) in [4.78, 5) is 22.2. The number of ether oxygens (including phenoxy) is 1. The number of para-hydroxylation sites is 1. The van der Waals surface area contributed by atoms with E-state index in [-0.39, 0.29) is 18.9 Å². The summed E-state index contributed by atoms with van der Waals surface area (Å²) >= 11 is 0. The van der Waals surface area contributed by atoms with Crippen LogP contribution in [0.25, 0.3) is 0 Å². The van der Waals surface area contributed by atoms with Crippen molar-refractivity contribution in [1.82, 2.24) is 5.32 Å². The van der Waals surface area contributed by atoms with Crippen LogP contribution in [0.15, 0.2) is 24.3 Å². The normalized spacial score (nSPS) is 11.7. The highest BCUT2D eigenvalue weighted by Crippen LogP contribution is 2.14. The Kier molecular flexibility index (Phi) is 5.78. The van der Waals surface area contributed by atoms with E-state index in [0.717, 1.165) is 0 Å². The van der Waals surface area contributed by atoms with Crippen LogP contribution in [-0.2, 0) is 9.59 Å². The maximum absolute atomic E-state index is 13.2. The van der Waals surface area contributed by atoms with E-state index in [4.69, 9.17) is 9.84 Å². The predicted molar refractivity (Wildman–Crippen MR) is 66.3 cm³/mol. The Hall–Kier alpha value is -2.11. The number of nitrogens with one attached hydrogen (secondary N) is 1. The van der Waals surface area contributed by atoms with Crippen LogP contribution >= 0.6 is 0 Å². The van der Waals surface area contributed by atoms with Crippen molar-refractivity contribution >= 4 is 11.9 Å². The summed E-state index contributed by atoms with van der Waals surface area (Å²) < 4.78 is 18.2. The minimum absolute atomic E-state index is 0.0112. The summed E-state index contributed by atoms with van der Waals surface area (Å²) in [6.45, 7) is 1.41. The number of benzene rings is 1. The molecule has 6 heteroatoms. The van der Waals surface area contributed by atoms with Crippen molar-refractivity contribution in [2.75, 3.05) is 13.2 Å². The van der Waals surface area contributed by atoms with Gasteiger partial charge in [0.1, 0.15) is 0 Å². The second-order valence-corrected chi connectivity index (χ2v) is 3.97. The monoisotopic (exact) mass is 269 g/mol. The Balaban J connectivity index is 2.36. The van der Waals surface area contributed by atoms with Gasteiger partial charge in [0, 0.05) is 6.54 Å². The molecular weight excluding hydrogens is 253 g/mol. The van der Waals surface area contributed by atoms with Crippen LogP contribution in [0.4, 0.5) is 4.39 Å². The van der Waals surface area contributed by atoms with Crippen LogP contribution in [0.5, 0.6) is 5.75 Å². The molecule has 1 atom stereocenters. The molecule has 0 spiro atoms. The van der Waals surface area contributed by atoms with Gasteiger partial charge in [-0.3, -0.25) is 9.59 Å². The second-order valence-electron chi connectivity index (χ2n) is 3.97. The van der Waals surface area contributed by atoms with Crippen LogP contribution in [0.2, 0.25) is 0 Å². The van der Waals surface area contributed by atoms with Crippen molar-refractivity contribution in [3.05, 3.63) is 30.1 Å². The number of carbonyl (C=O) groups excluding carboxylic acids is 1. The first-order chi connectivity index (χ1) is 9.04. The van der Waals surface area contributed by atoms with Gasteiger partial charge in [-0.15, -0.1) is 0 Å². The van der Waals surface area contributed by atoms with E-state index in [1.54, 1.807) is 13.0 Å². The molecular formula is C13H16FNO4. The zero-order valence-corrected chi connectivity index (χ0v) is 10.6. The first-order valence-corrected chi connectivity index (χ1v) is 5.91. The first kappa shape index (κ1) is 14.9. The topological polar surface area (TPSA) is 75.6 Å². The van der Waals surface area contributed by atoms with E-state index in [1.807, 2.05) is 0 Å². The molecule has 0 bridgehead atoms. The third kappa shape index (κ3) is 4.95. The van der Waals surface area contributed by atoms with Gasteiger partial charge in [0.2, 0.25) is 0 Å². The molecule has 2 N–H and O–H groups in total. The van der Waals surface area contributed by atoms with Crippen molar-refractivity contribution in [3.63, 3.8) is 0 Å². The lowest BCUT2D eigenvalue weighted by Gasteiger charge is -2.11. The van der Waals surface area contributed by atoms with Crippen molar-refractivity contribution in [1.29, 1.82) is 0 Å². The van der Waals surface area contributed by atoms with Crippen molar-refractivity contribution < 1.29 is 23.8 Å². The SMILES string of the molecule is CCC(CNC(=O)COc1ccccc1F)C(=O)O. The van der Waals surface area contributed by atoms with Gasteiger partial charge in [-0.2, -0.15) is 0 Å². The van der Waals surface area contributed by atoms with Crippen LogP contribution in [0.1, 0.15) is 13.3 Å². The lowest BCUT2D eigenvalue weighted by atomic mass is 10.1.